The molecule has 0 fully saturated rings. The van der Waals surface area contributed by atoms with Crippen LogP contribution in [0.5, 0.6) is 11.5 Å². The second kappa shape index (κ2) is 20.5. The maximum absolute atomic E-state index is 10.4. The van der Waals surface area contributed by atoms with Gasteiger partial charge in [-0.25, -0.2) is 0 Å². The van der Waals surface area contributed by atoms with Crippen molar-refractivity contribution in [3.63, 3.8) is 0 Å². The van der Waals surface area contributed by atoms with Crippen LogP contribution < -0.4 is 10.2 Å². The molecule has 4 aromatic rings. The van der Waals surface area contributed by atoms with E-state index >= 15 is 0 Å². The van der Waals surface area contributed by atoms with Crippen LogP contribution in [0.3, 0.4) is 0 Å². The number of carboxylic acids is 2. The summed E-state index contributed by atoms with van der Waals surface area (Å²) in [6.45, 7) is 6.29. The average Bonchev–Trinajstić information content (AvgIpc) is 2.98. The van der Waals surface area contributed by atoms with Crippen molar-refractivity contribution >= 4 is 46.5 Å². The van der Waals surface area contributed by atoms with E-state index in [4.69, 9.17) is 29.8 Å². The van der Waals surface area contributed by atoms with E-state index in [2.05, 4.69) is 13.8 Å². The van der Waals surface area contributed by atoms with Crippen molar-refractivity contribution in [3.8, 4) is 11.5 Å². The average molecular weight is 656 g/mol. The number of aliphatic carboxylic acids is 2. The summed E-state index contributed by atoms with van der Waals surface area (Å²) in [4.78, 5) is 27.3. The van der Waals surface area contributed by atoms with Gasteiger partial charge in [0.25, 0.3) is 0 Å². The molecule has 0 aliphatic heterocycles. The first-order valence-corrected chi connectivity index (χ1v) is 14.6. The largest absolute Gasteiger partial charge is 2.00 e. The molecule has 0 spiro atoms. The third kappa shape index (κ3) is 14.2. The van der Waals surface area contributed by atoms with E-state index in [0.29, 0.717) is 22.5 Å². The molecule has 45 heavy (non-hydrogen) atoms. The molecule has 0 saturated heterocycles. The topological polar surface area (TPSA) is 145 Å². The maximum atomic E-state index is 10.4. The minimum absolute atomic E-state index is 0. The van der Waals surface area contributed by atoms with Crippen molar-refractivity contribution in [1.82, 2.24) is 0 Å². The molecule has 9 heteroatoms. The Morgan fingerprint density at radius 2 is 1.02 bits per heavy atom. The molecule has 4 rings (SSSR count). The minimum atomic E-state index is -1.08. The number of hydrogen-bond donors (Lipinski definition) is 2. The second-order valence-corrected chi connectivity index (χ2v) is 10.2. The smallest absolute Gasteiger partial charge is 0.550 e. The monoisotopic (exact) mass is 655 g/mol. The van der Waals surface area contributed by atoms with Crippen LogP contribution in [0.25, 0.3) is 10.8 Å². The number of carbonyl (C=O) groups is 2. The molecule has 0 aliphatic rings. The molecule has 2 N–H and O–H groups in total. The molecule has 0 atom stereocenters. The van der Waals surface area contributed by atoms with Gasteiger partial charge < -0.3 is 30.0 Å². The Labute approximate surface area is 275 Å². The predicted molar refractivity (Wildman–Crippen MR) is 173 cm³/mol. The summed E-state index contributed by atoms with van der Waals surface area (Å²) in [5.41, 5.74) is 5.15. The summed E-state index contributed by atoms with van der Waals surface area (Å²) < 4.78 is 0. The van der Waals surface area contributed by atoms with Gasteiger partial charge >= 0.3 is 16.8 Å². The molecular formula is C36H40CoN2O6. The molecule has 0 unspecified atom stereocenters. The summed E-state index contributed by atoms with van der Waals surface area (Å²) in [6, 6.07) is 23.5. The number of unbranched alkanes of at least 4 members (excludes halogenated alkanes) is 2. The summed E-state index contributed by atoms with van der Waals surface area (Å²) in [7, 11) is 0. The number of aliphatic imine (C=N–C) groups is 2. The van der Waals surface area contributed by atoms with Gasteiger partial charge in [0, 0.05) is 35.5 Å². The number of aromatic hydroxyl groups is 2. The fourth-order valence-electron chi connectivity index (χ4n) is 4.19. The molecule has 4 aromatic carbocycles. The van der Waals surface area contributed by atoms with E-state index < -0.39 is 11.9 Å². The first kappa shape index (κ1) is 38.6. The summed E-state index contributed by atoms with van der Waals surface area (Å²) in [5.74, 6) is -1.75. The predicted octanol–water partition coefficient (Wildman–Crippen LogP) is 5.95. The third-order valence-electron chi connectivity index (χ3n) is 6.35. The Morgan fingerprint density at radius 3 is 1.36 bits per heavy atom. The summed E-state index contributed by atoms with van der Waals surface area (Å²) in [5, 5.41) is 40.7. The first-order chi connectivity index (χ1) is 21.0. The van der Waals surface area contributed by atoms with Crippen LogP contribution in [-0.2, 0) is 39.2 Å². The molecule has 239 valence electrons. The Balaban J connectivity index is 0.00000101. The van der Waals surface area contributed by atoms with Crippen molar-refractivity contribution in [2.45, 2.75) is 66.2 Å². The van der Waals surface area contributed by atoms with Crippen LogP contribution in [0.2, 0.25) is 0 Å². The molecule has 1 radical (unpaired) electrons. The number of nitrogens with zero attached hydrogens (tertiary/aromatic N) is 2. The minimum Gasteiger partial charge on any atom is -0.550 e. The number of carbonyl (C=O) groups excluding carboxylic acids is 2. The van der Waals surface area contributed by atoms with Gasteiger partial charge in [-0.15, -0.1) is 0 Å². The molecule has 0 aliphatic carbocycles. The maximum Gasteiger partial charge on any atom is 2.00 e. The zero-order valence-electron chi connectivity index (χ0n) is 26.1. The van der Waals surface area contributed by atoms with Gasteiger partial charge in [0.15, 0.2) is 0 Å². The standard InChI is InChI=1S/C32H34N2O2.2C2H4O2.Co/c1-3-5-9-23-13-15-31(35)27(17-23)21-33-29-19-25-11-7-8-12-26(25)20-30(29)34-22-28-18-24(10-6-4-2)14-16-32(28)36;2*1-2(3)4;/h7-8,11-22,35-36H,3-6,9-10H2,1-2H3;2*1H3,(H,3,4);/q;;;+2/p-2. The van der Waals surface area contributed by atoms with E-state index in [1.807, 2.05) is 60.7 Å². The number of carboxylic acid groups (broad SMARTS) is 2. The number of hydrogen-bond acceptors (Lipinski definition) is 8. The van der Waals surface area contributed by atoms with E-state index in [1.54, 1.807) is 24.6 Å². The molecule has 0 aromatic heterocycles. The van der Waals surface area contributed by atoms with Gasteiger partial charge in [-0.2, -0.15) is 0 Å². The quantitative estimate of drug-likeness (QED) is 0.202. The molecular weight excluding hydrogens is 615 g/mol. The van der Waals surface area contributed by atoms with Crippen LogP contribution in [0, 0.1) is 0 Å². The van der Waals surface area contributed by atoms with Gasteiger partial charge in [0.1, 0.15) is 11.5 Å². The zero-order chi connectivity index (χ0) is 32.5. The van der Waals surface area contributed by atoms with Crippen molar-refractivity contribution in [2.75, 3.05) is 0 Å². The van der Waals surface area contributed by atoms with E-state index in [1.165, 1.54) is 11.1 Å². The summed E-state index contributed by atoms with van der Waals surface area (Å²) in [6.07, 6.45) is 9.83. The fraction of sp³-hybridized carbons (Fsp3) is 0.278. The molecule has 8 nitrogen and oxygen atoms in total. The van der Waals surface area contributed by atoms with Crippen LogP contribution in [-0.4, -0.2) is 34.6 Å². The first-order valence-electron chi connectivity index (χ1n) is 14.6. The molecule has 0 amide bonds. The fourth-order valence-corrected chi connectivity index (χ4v) is 4.19. The number of phenolic OH excluding ortho intramolecular Hbond substituents is 2. The second-order valence-electron chi connectivity index (χ2n) is 10.2. The van der Waals surface area contributed by atoms with Gasteiger partial charge in [-0.1, -0.05) is 63.1 Å². The molecule has 0 bridgehead atoms. The van der Waals surface area contributed by atoms with Crippen molar-refractivity contribution in [2.24, 2.45) is 9.98 Å². The number of phenols is 2. The van der Waals surface area contributed by atoms with Crippen molar-refractivity contribution in [1.29, 1.82) is 0 Å². The molecule has 0 saturated carbocycles. The number of benzene rings is 4. The van der Waals surface area contributed by atoms with Gasteiger partial charge in [-0.05, 0) is 97.8 Å². The summed E-state index contributed by atoms with van der Waals surface area (Å²) >= 11 is 0. The van der Waals surface area contributed by atoms with Gasteiger partial charge in [0.05, 0.1) is 11.4 Å². The Morgan fingerprint density at radius 1 is 0.667 bits per heavy atom. The number of aryl methyl sites for hydroxylation is 2. The van der Waals surface area contributed by atoms with Gasteiger partial charge in [-0.3, -0.25) is 9.98 Å². The Kier molecular flexibility index (Phi) is 17.5. The Hall–Kier alpha value is -4.47. The zero-order valence-corrected chi connectivity index (χ0v) is 27.1. The van der Waals surface area contributed by atoms with E-state index in [0.717, 1.165) is 63.1 Å². The van der Waals surface area contributed by atoms with Gasteiger partial charge in [0.2, 0.25) is 0 Å². The van der Waals surface area contributed by atoms with E-state index in [9.17, 15) is 10.2 Å². The van der Waals surface area contributed by atoms with E-state index in [-0.39, 0.29) is 28.3 Å². The third-order valence-corrected chi connectivity index (χ3v) is 6.35. The van der Waals surface area contributed by atoms with Crippen LogP contribution in [0.15, 0.2) is 82.8 Å². The number of fused-ring (bicyclic) bond motifs is 1. The van der Waals surface area contributed by atoms with Crippen LogP contribution in [0.4, 0.5) is 11.4 Å². The normalized spacial score (nSPS) is 10.5. The van der Waals surface area contributed by atoms with Crippen LogP contribution >= 0.6 is 0 Å². The SMILES string of the molecule is CC(=O)[O-].CC(=O)[O-].CCCCc1ccc(O)c(C=Nc2cc3ccccc3cc2N=Cc2cc(CCCC)ccc2O)c1.[Co+2]. The molecule has 0 heterocycles. The van der Waals surface area contributed by atoms with Crippen molar-refractivity contribution < 1.29 is 46.8 Å². The number of rotatable bonds is 10. The Bertz CT molecular complexity index is 1470. The van der Waals surface area contributed by atoms with Crippen LogP contribution in [0.1, 0.15) is 75.6 Å². The van der Waals surface area contributed by atoms with Crippen molar-refractivity contribution in [3.05, 3.63) is 95.1 Å².